The lowest BCUT2D eigenvalue weighted by Gasteiger charge is -2.29. The van der Waals surface area contributed by atoms with Crippen molar-refractivity contribution in [1.29, 1.82) is 0 Å². The minimum Gasteiger partial charge on any atom is -0.394 e. The van der Waals surface area contributed by atoms with Crippen LogP contribution < -0.4 is 0 Å². The van der Waals surface area contributed by atoms with Gasteiger partial charge in [0.1, 0.15) is 36.3 Å². The van der Waals surface area contributed by atoms with E-state index in [1.54, 1.807) is 41.7 Å². The van der Waals surface area contributed by atoms with E-state index in [0.29, 0.717) is 12.0 Å². The van der Waals surface area contributed by atoms with Crippen molar-refractivity contribution < 1.29 is 35.0 Å². The van der Waals surface area contributed by atoms with Crippen LogP contribution in [0.25, 0.3) is 10.4 Å². The summed E-state index contributed by atoms with van der Waals surface area (Å²) in [4.78, 5) is 2.06. The van der Waals surface area contributed by atoms with Crippen LogP contribution >= 0.6 is 11.3 Å². The molecule has 0 amide bonds. The summed E-state index contributed by atoms with van der Waals surface area (Å²) in [7, 11) is 0. The first kappa shape index (κ1) is 24.5. The molecule has 2 aromatic carbocycles. The second kappa shape index (κ2) is 10.6. The van der Waals surface area contributed by atoms with Crippen LogP contribution in [0.1, 0.15) is 27.7 Å². The zero-order valence-corrected chi connectivity index (χ0v) is 18.3. The molecule has 0 aliphatic carbocycles. The Bertz CT molecular complexity index is 1020. The second-order valence-corrected chi connectivity index (χ2v) is 8.97. The summed E-state index contributed by atoms with van der Waals surface area (Å²) in [6, 6.07) is 15.4. The summed E-state index contributed by atoms with van der Waals surface area (Å²) >= 11 is 1.57. The van der Waals surface area contributed by atoms with E-state index < -0.39 is 37.1 Å². The zero-order valence-electron chi connectivity index (χ0n) is 17.5. The van der Waals surface area contributed by atoms with Crippen LogP contribution in [0.15, 0.2) is 54.6 Å². The van der Waals surface area contributed by atoms with Gasteiger partial charge in [-0.1, -0.05) is 30.3 Å². The Morgan fingerprint density at radius 2 is 1.53 bits per heavy atom. The number of benzene rings is 2. The van der Waals surface area contributed by atoms with Crippen LogP contribution in [0.4, 0.5) is 4.39 Å². The van der Waals surface area contributed by atoms with Gasteiger partial charge in [0.2, 0.25) is 0 Å². The summed E-state index contributed by atoms with van der Waals surface area (Å²) in [5.74, 6) is -0.290. The van der Waals surface area contributed by atoms with E-state index in [9.17, 15) is 29.9 Å². The Hall–Kier alpha value is -2.17. The number of hydrogen-bond donors (Lipinski definition) is 6. The van der Waals surface area contributed by atoms with E-state index in [4.69, 9.17) is 5.11 Å². The maximum atomic E-state index is 13.2. The molecule has 0 fully saturated rings. The molecule has 1 heterocycles. The molecule has 0 saturated heterocycles. The minimum atomic E-state index is -1.85. The van der Waals surface area contributed by atoms with Gasteiger partial charge >= 0.3 is 0 Å². The van der Waals surface area contributed by atoms with Crippen molar-refractivity contribution in [2.24, 2.45) is 0 Å². The molecule has 8 heteroatoms. The second-order valence-electron chi connectivity index (χ2n) is 7.80. The third-order valence-electron chi connectivity index (χ3n) is 5.47. The van der Waals surface area contributed by atoms with Crippen LogP contribution in [0, 0.1) is 12.7 Å². The van der Waals surface area contributed by atoms with Crippen LogP contribution in [0.5, 0.6) is 0 Å². The molecule has 1 unspecified atom stereocenters. The van der Waals surface area contributed by atoms with E-state index in [2.05, 4.69) is 0 Å². The van der Waals surface area contributed by atoms with Gasteiger partial charge in [0.05, 0.1) is 6.61 Å². The van der Waals surface area contributed by atoms with Gasteiger partial charge < -0.3 is 30.6 Å². The molecule has 6 N–H and O–H groups in total. The SMILES string of the molecule is Cc1ccc(C(O)[C@H](O)[C@@H](O)[C@H](O)[C@H](O)CO)cc1Cc1ccc(-c2ccc(F)cc2)s1. The van der Waals surface area contributed by atoms with Gasteiger partial charge in [-0.15, -0.1) is 11.3 Å². The number of aryl methyl sites for hydroxylation is 1. The maximum Gasteiger partial charge on any atom is 0.123 e. The highest BCUT2D eigenvalue weighted by atomic mass is 32.1. The minimum absolute atomic E-state index is 0.290. The maximum absolute atomic E-state index is 13.2. The third-order valence-corrected chi connectivity index (χ3v) is 6.61. The number of halogens is 1. The quantitative estimate of drug-likeness (QED) is 0.289. The van der Waals surface area contributed by atoms with Gasteiger partial charge in [0, 0.05) is 16.2 Å². The van der Waals surface area contributed by atoms with E-state index >= 15 is 0 Å². The molecular weight excluding hydrogens is 435 g/mol. The lowest BCUT2D eigenvalue weighted by molar-refractivity contribution is -0.141. The van der Waals surface area contributed by atoms with Crippen molar-refractivity contribution in [3.05, 3.63) is 82.0 Å². The molecule has 0 saturated carbocycles. The van der Waals surface area contributed by atoms with Crippen LogP contribution in [0.3, 0.4) is 0 Å². The molecule has 0 bridgehead atoms. The normalized spacial score (nSPS) is 16.4. The molecule has 0 spiro atoms. The molecular formula is C24H27FO6S. The fourth-order valence-corrected chi connectivity index (χ4v) is 4.45. The highest BCUT2D eigenvalue weighted by molar-refractivity contribution is 7.15. The number of aliphatic hydroxyl groups excluding tert-OH is 6. The molecule has 3 rings (SSSR count). The first-order valence-corrected chi connectivity index (χ1v) is 11.0. The fourth-order valence-electron chi connectivity index (χ4n) is 3.42. The molecule has 32 heavy (non-hydrogen) atoms. The number of aliphatic hydroxyl groups is 6. The number of rotatable bonds is 9. The Balaban J connectivity index is 1.76. The van der Waals surface area contributed by atoms with E-state index in [1.807, 2.05) is 19.1 Å². The molecule has 3 aromatic rings. The highest BCUT2D eigenvalue weighted by Gasteiger charge is 2.34. The number of hydrogen-bond acceptors (Lipinski definition) is 7. The van der Waals surface area contributed by atoms with Gasteiger partial charge in [0.25, 0.3) is 0 Å². The Labute approximate surface area is 189 Å². The summed E-state index contributed by atoms with van der Waals surface area (Å²) in [5.41, 5.74) is 3.15. The van der Waals surface area contributed by atoms with Crippen molar-refractivity contribution in [1.82, 2.24) is 0 Å². The molecule has 5 atom stereocenters. The van der Waals surface area contributed by atoms with Crippen molar-refractivity contribution in [3.63, 3.8) is 0 Å². The number of thiophene rings is 1. The summed E-state index contributed by atoms with van der Waals surface area (Å²) in [5, 5.41) is 59.0. The van der Waals surface area contributed by atoms with Crippen molar-refractivity contribution >= 4 is 11.3 Å². The average Bonchev–Trinajstić information content (AvgIpc) is 3.26. The van der Waals surface area contributed by atoms with Crippen LogP contribution in [-0.4, -0.2) is 61.7 Å². The average molecular weight is 463 g/mol. The van der Waals surface area contributed by atoms with Crippen molar-refractivity contribution in [2.75, 3.05) is 6.61 Å². The van der Waals surface area contributed by atoms with E-state index in [-0.39, 0.29) is 5.82 Å². The highest BCUT2D eigenvalue weighted by Crippen LogP contribution is 2.31. The zero-order chi connectivity index (χ0) is 23.4. The summed E-state index contributed by atoms with van der Waals surface area (Å²) in [6.45, 7) is 1.13. The van der Waals surface area contributed by atoms with Gasteiger partial charge in [-0.2, -0.15) is 0 Å². The molecule has 1 aromatic heterocycles. The monoisotopic (exact) mass is 462 g/mol. The standard InChI is InChI=1S/C24H27FO6S/c1-13-2-3-15(21(28)23(30)24(31)22(29)19(27)12-26)10-16(13)11-18-8-9-20(32-18)14-4-6-17(25)7-5-14/h2-10,19,21-24,26-31H,11-12H2,1H3/t19-,21?,22-,23+,24+/m1/s1. The van der Waals surface area contributed by atoms with Gasteiger partial charge in [0.15, 0.2) is 0 Å². The molecule has 172 valence electrons. The Kier molecular flexibility index (Phi) is 8.13. The smallest absolute Gasteiger partial charge is 0.123 e. The van der Waals surface area contributed by atoms with Gasteiger partial charge in [-0.05, 0) is 53.4 Å². The van der Waals surface area contributed by atoms with Gasteiger partial charge in [-0.25, -0.2) is 4.39 Å². The predicted octanol–water partition coefficient (Wildman–Crippen LogP) is 1.92. The van der Waals surface area contributed by atoms with Crippen molar-refractivity contribution in [2.45, 2.75) is 43.9 Å². The van der Waals surface area contributed by atoms with E-state index in [0.717, 1.165) is 26.4 Å². The first-order valence-electron chi connectivity index (χ1n) is 10.2. The third kappa shape index (κ3) is 5.60. The van der Waals surface area contributed by atoms with Crippen molar-refractivity contribution in [3.8, 4) is 10.4 Å². The molecule has 6 nitrogen and oxygen atoms in total. The predicted molar refractivity (Wildman–Crippen MR) is 120 cm³/mol. The Morgan fingerprint density at radius 3 is 2.19 bits per heavy atom. The lowest BCUT2D eigenvalue weighted by atomic mass is 9.92. The van der Waals surface area contributed by atoms with E-state index in [1.165, 1.54) is 12.1 Å². The largest absolute Gasteiger partial charge is 0.394 e. The first-order chi connectivity index (χ1) is 15.2. The summed E-state index contributed by atoms with van der Waals surface area (Å²) < 4.78 is 13.2. The van der Waals surface area contributed by atoms with Crippen LogP contribution in [-0.2, 0) is 6.42 Å². The lowest BCUT2D eigenvalue weighted by Crippen LogP contribution is -2.47. The Morgan fingerprint density at radius 1 is 0.844 bits per heavy atom. The fraction of sp³-hybridized carbons (Fsp3) is 0.333. The van der Waals surface area contributed by atoms with Crippen LogP contribution in [0.2, 0.25) is 0 Å². The molecule has 0 radical (unpaired) electrons. The molecule has 0 aliphatic heterocycles. The van der Waals surface area contributed by atoms with Gasteiger partial charge in [-0.3, -0.25) is 0 Å². The molecule has 0 aliphatic rings. The summed E-state index contributed by atoms with van der Waals surface area (Å²) in [6.07, 6.45) is -8.02. The topological polar surface area (TPSA) is 121 Å².